The van der Waals surface area contributed by atoms with Crippen molar-refractivity contribution in [3.63, 3.8) is 0 Å². The maximum absolute atomic E-state index is 3.29. The Hall–Kier alpha value is -1.31. The Morgan fingerprint density at radius 3 is 2.83 bits per heavy atom. The van der Waals surface area contributed by atoms with Crippen molar-refractivity contribution < 1.29 is 4.68 Å². The Bertz CT molecular complexity index is 401. The number of aromatic nitrogens is 2. The lowest BCUT2D eigenvalue weighted by atomic mass is 10.2. The lowest BCUT2D eigenvalue weighted by Gasteiger charge is -1.85. The van der Waals surface area contributed by atoms with Crippen LogP contribution < -0.4 is 4.68 Å². The second kappa shape index (κ2) is 2.63. The van der Waals surface area contributed by atoms with E-state index in [1.807, 2.05) is 0 Å². The van der Waals surface area contributed by atoms with Crippen molar-refractivity contribution in [2.75, 3.05) is 0 Å². The van der Waals surface area contributed by atoms with Gasteiger partial charge in [0.05, 0.1) is 5.39 Å². The summed E-state index contributed by atoms with van der Waals surface area (Å²) in [6.45, 7) is 2.18. The molecule has 0 saturated heterocycles. The van der Waals surface area contributed by atoms with Crippen molar-refractivity contribution >= 4 is 10.9 Å². The van der Waals surface area contributed by atoms with Crippen LogP contribution in [0.25, 0.3) is 10.9 Å². The van der Waals surface area contributed by atoms with E-state index in [1.54, 1.807) is 0 Å². The van der Waals surface area contributed by atoms with Gasteiger partial charge in [0.1, 0.15) is 5.52 Å². The van der Waals surface area contributed by atoms with Gasteiger partial charge in [0.15, 0.2) is 7.05 Å². The minimum Gasteiger partial charge on any atom is -0.165 e. The van der Waals surface area contributed by atoms with E-state index in [1.165, 1.54) is 16.6 Å². The van der Waals surface area contributed by atoms with E-state index in [-0.39, 0.29) is 0 Å². The highest BCUT2D eigenvalue weighted by atomic mass is 15.3. The average molecular weight is 161 g/mol. The van der Waals surface area contributed by atoms with Gasteiger partial charge in [0.2, 0.25) is 5.69 Å². The SMILES string of the molecule is CCc1c2ccccc2[nH][n+]1C. The number of H-pyrrole nitrogens is 1. The van der Waals surface area contributed by atoms with Gasteiger partial charge >= 0.3 is 0 Å². The van der Waals surface area contributed by atoms with E-state index in [9.17, 15) is 0 Å². The highest BCUT2D eigenvalue weighted by Crippen LogP contribution is 2.13. The first-order valence-electron chi connectivity index (χ1n) is 4.28. The molecule has 62 valence electrons. The Labute approximate surface area is 71.8 Å². The molecule has 0 bridgehead atoms. The molecule has 2 rings (SSSR count). The second-order valence-electron chi connectivity index (χ2n) is 3.02. The Balaban J connectivity index is 2.81. The van der Waals surface area contributed by atoms with Crippen LogP contribution in [0.3, 0.4) is 0 Å². The van der Waals surface area contributed by atoms with Crippen LogP contribution >= 0.6 is 0 Å². The van der Waals surface area contributed by atoms with Gasteiger partial charge in [-0.25, -0.2) is 0 Å². The topological polar surface area (TPSA) is 19.7 Å². The first-order chi connectivity index (χ1) is 5.83. The van der Waals surface area contributed by atoms with Gasteiger partial charge in [-0.3, -0.25) is 0 Å². The molecule has 0 atom stereocenters. The molecule has 2 nitrogen and oxygen atoms in total. The van der Waals surface area contributed by atoms with Gasteiger partial charge in [-0.15, -0.1) is 4.68 Å². The number of nitrogens with one attached hydrogen (secondary N) is 1. The van der Waals surface area contributed by atoms with Crippen molar-refractivity contribution in [2.45, 2.75) is 13.3 Å². The number of aromatic amines is 1. The molecule has 0 fully saturated rings. The molecule has 1 aromatic heterocycles. The molecule has 12 heavy (non-hydrogen) atoms. The molecule has 0 radical (unpaired) electrons. The van der Waals surface area contributed by atoms with Gasteiger partial charge in [-0.1, -0.05) is 19.1 Å². The molecule has 1 heterocycles. The molecule has 1 N–H and O–H groups in total. The van der Waals surface area contributed by atoms with Crippen LogP contribution in [0.15, 0.2) is 24.3 Å². The summed E-state index contributed by atoms with van der Waals surface area (Å²) in [5.74, 6) is 0. The molecule has 0 aliphatic heterocycles. The third-order valence-corrected chi connectivity index (χ3v) is 2.27. The minimum absolute atomic E-state index is 1.07. The zero-order valence-corrected chi connectivity index (χ0v) is 7.46. The summed E-state index contributed by atoms with van der Waals surface area (Å²) >= 11 is 0. The number of nitrogens with zero attached hydrogens (tertiary/aromatic N) is 1. The average Bonchev–Trinajstić information content (AvgIpc) is 2.40. The van der Waals surface area contributed by atoms with Crippen molar-refractivity contribution in [3.05, 3.63) is 30.0 Å². The normalized spacial score (nSPS) is 10.8. The number of hydrogen-bond acceptors (Lipinski definition) is 0. The molecule has 0 amide bonds. The molecule has 0 spiro atoms. The van der Waals surface area contributed by atoms with Crippen molar-refractivity contribution in [2.24, 2.45) is 7.05 Å². The van der Waals surface area contributed by atoms with Gasteiger partial charge in [-0.05, 0) is 12.1 Å². The third-order valence-electron chi connectivity index (χ3n) is 2.27. The van der Waals surface area contributed by atoms with Crippen LogP contribution in [-0.2, 0) is 13.5 Å². The van der Waals surface area contributed by atoms with Crippen LogP contribution in [0, 0.1) is 0 Å². The number of aryl methyl sites for hydroxylation is 2. The highest BCUT2D eigenvalue weighted by Gasteiger charge is 2.12. The zero-order valence-electron chi connectivity index (χ0n) is 7.46. The fourth-order valence-corrected chi connectivity index (χ4v) is 1.69. The lowest BCUT2D eigenvalue weighted by molar-refractivity contribution is -0.731. The fraction of sp³-hybridized carbons (Fsp3) is 0.300. The highest BCUT2D eigenvalue weighted by molar-refractivity contribution is 5.79. The smallest absolute Gasteiger partial charge is 0.165 e. The lowest BCUT2D eigenvalue weighted by Crippen LogP contribution is -2.33. The standard InChI is InChI=1S/C10H12N2/c1-3-10-8-6-4-5-7-9(8)11-12(10)2/h4-7H,3H2,1-2H3/p+1. The first-order valence-corrected chi connectivity index (χ1v) is 4.28. The molecule has 2 aromatic rings. The van der Waals surface area contributed by atoms with Crippen LogP contribution in [0.2, 0.25) is 0 Å². The first kappa shape index (κ1) is 7.35. The number of para-hydroxylation sites is 1. The zero-order chi connectivity index (χ0) is 8.55. The fourth-order valence-electron chi connectivity index (χ4n) is 1.69. The second-order valence-corrected chi connectivity index (χ2v) is 3.02. The number of rotatable bonds is 1. The van der Waals surface area contributed by atoms with E-state index in [0.717, 1.165) is 6.42 Å². The molecule has 0 unspecified atom stereocenters. The monoisotopic (exact) mass is 161 g/mol. The van der Waals surface area contributed by atoms with Gasteiger partial charge in [0, 0.05) is 6.42 Å². The Morgan fingerprint density at radius 2 is 2.08 bits per heavy atom. The van der Waals surface area contributed by atoms with Crippen LogP contribution in [0.4, 0.5) is 0 Å². The maximum Gasteiger partial charge on any atom is 0.214 e. The largest absolute Gasteiger partial charge is 0.214 e. The molecular weight excluding hydrogens is 148 g/mol. The molecule has 0 aliphatic carbocycles. The minimum atomic E-state index is 1.07. The summed E-state index contributed by atoms with van der Waals surface area (Å²) in [5, 5.41) is 4.63. The van der Waals surface area contributed by atoms with Crippen molar-refractivity contribution in [1.29, 1.82) is 0 Å². The number of hydrogen-bond donors (Lipinski definition) is 1. The maximum atomic E-state index is 3.29. The van der Waals surface area contributed by atoms with E-state index in [0.29, 0.717) is 0 Å². The van der Waals surface area contributed by atoms with E-state index < -0.39 is 0 Å². The summed E-state index contributed by atoms with van der Waals surface area (Å²) in [5.41, 5.74) is 2.59. The quantitative estimate of drug-likeness (QED) is 0.612. The third kappa shape index (κ3) is 0.916. The Kier molecular flexibility index (Phi) is 1.61. The summed E-state index contributed by atoms with van der Waals surface area (Å²) in [6, 6.07) is 8.40. The van der Waals surface area contributed by atoms with Crippen molar-refractivity contribution in [3.8, 4) is 0 Å². The predicted molar refractivity (Wildman–Crippen MR) is 48.9 cm³/mol. The number of fused-ring (bicyclic) bond motifs is 1. The van der Waals surface area contributed by atoms with E-state index in [2.05, 4.69) is 48.0 Å². The molecule has 1 aromatic carbocycles. The summed E-state index contributed by atoms with van der Waals surface area (Å²) in [6.07, 6.45) is 1.07. The summed E-state index contributed by atoms with van der Waals surface area (Å²) in [4.78, 5) is 0. The van der Waals surface area contributed by atoms with Crippen LogP contribution in [-0.4, -0.2) is 5.10 Å². The summed E-state index contributed by atoms with van der Waals surface area (Å²) < 4.78 is 2.09. The summed E-state index contributed by atoms with van der Waals surface area (Å²) in [7, 11) is 2.05. The van der Waals surface area contributed by atoms with Gasteiger partial charge in [0.25, 0.3) is 0 Å². The van der Waals surface area contributed by atoms with Crippen LogP contribution in [0.1, 0.15) is 12.6 Å². The molecule has 2 heteroatoms. The Morgan fingerprint density at radius 1 is 1.33 bits per heavy atom. The molecule has 0 aliphatic rings. The number of benzene rings is 1. The van der Waals surface area contributed by atoms with Crippen molar-refractivity contribution in [1.82, 2.24) is 5.10 Å². The van der Waals surface area contributed by atoms with E-state index >= 15 is 0 Å². The predicted octanol–water partition coefficient (Wildman–Crippen LogP) is 1.55. The molecule has 0 saturated carbocycles. The van der Waals surface area contributed by atoms with Gasteiger partial charge < -0.3 is 0 Å². The van der Waals surface area contributed by atoms with Crippen LogP contribution in [0.5, 0.6) is 0 Å². The molecular formula is C10H13N2+. The van der Waals surface area contributed by atoms with E-state index in [4.69, 9.17) is 0 Å². The van der Waals surface area contributed by atoms with Gasteiger partial charge in [-0.2, -0.15) is 5.10 Å².